The Bertz CT molecular complexity index is 217. The lowest BCUT2D eigenvalue weighted by Gasteiger charge is -1.94. The van der Waals surface area contributed by atoms with E-state index in [1.54, 1.807) is 0 Å². The highest BCUT2D eigenvalue weighted by Crippen LogP contribution is 2.55. The highest BCUT2D eigenvalue weighted by atomic mass is 16.4. The van der Waals surface area contributed by atoms with Gasteiger partial charge < -0.3 is 5.11 Å². The summed E-state index contributed by atoms with van der Waals surface area (Å²) < 4.78 is 0. The molecule has 10 heavy (non-hydrogen) atoms. The van der Waals surface area contributed by atoms with Crippen LogP contribution in [-0.2, 0) is 4.79 Å². The summed E-state index contributed by atoms with van der Waals surface area (Å²) >= 11 is 0. The first-order valence-electron chi connectivity index (χ1n) is 3.60. The minimum absolute atomic E-state index is 0.0382. The lowest BCUT2D eigenvalue weighted by molar-refractivity contribution is -0.139. The lowest BCUT2D eigenvalue weighted by atomic mass is 10.1. The molecule has 0 bridgehead atoms. The zero-order chi connectivity index (χ0) is 7.30. The second-order valence-corrected chi connectivity index (χ2v) is 3.32. The van der Waals surface area contributed by atoms with Crippen LogP contribution in [0, 0.1) is 17.8 Å². The van der Waals surface area contributed by atoms with Crippen molar-refractivity contribution in [2.75, 3.05) is 0 Å². The van der Waals surface area contributed by atoms with Crippen LogP contribution >= 0.6 is 0 Å². The van der Waals surface area contributed by atoms with Crippen molar-refractivity contribution in [3.05, 3.63) is 11.6 Å². The molecule has 2 nitrogen and oxygen atoms in total. The van der Waals surface area contributed by atoms with Gasteiger partial charge in [-0.2, -0.15) is 0 Å². The minimum atomic E-state index is -0.612. The van der Waals surface area contributed by atoms with Crippen molar-refractivity contribution in [3.8, 4) is 0 Å². The lowest BCUT2D eigenvalue weighted by Crippen LogP contribution is -2.01. The quantitative estimate of drug-likeness (QED) is 0.554. The molecule has 0 unspecified atom stereocenters. The van der Waals surface area contributed by atoms with Gasteiger partial charge in [-0.15, -0.1) is 0 Å². The maximum Gasteiger partial charge on any atom is 0.307 e. The van der Waals surface area contributed by atoms with Gasteiger partial charge in [-0.05, 0) is 25.2 Å². The topological polar surface area (TPSA) is 37.3 Å². The molecule has 0 aromatic rings. The number of aliphatic carboxylic acids is 1. The van der Waals surface area contributed by atoms with E-state index in [9.17, 15) is 4.79 Å². The number of rotatable bonds is 1. The fraction of sp³-hybridized carbons (Fsp3) is 0.625. The van der Waals surface area contributed by atoms with Crippen LogP contribution in [0.4, 0.5) is 0 Å². The van der Waals surface area contributed by atoms with E-state index in [0.29, 0.717) is 11.8 Å². The molecule has 0 aliphatic heterocycles. The highest BCUT2D eigenvalue weighted by Gasteiger charge is 2.55. The van der Waals surface area contributed by atoms with Crippen molar-refractivity contribution >= 4 is 5.97 Å². The maximum absolute atomic E-state index is 10.5. The summed E-state index contributed by atoms with van der Waals surface area (Å²) in [5.41, 5.74) is 1.37. The Kier molecular flexibility index (Phi) is 0.967. The van der Waals surface area contributed by atoms with Crippen molar-refractivity contribution in [1.29, 1.82) is 0 Å². The Morgan fingerprint density at radius 1 is 1.80 bits per heavy atom. The van der Waals surface area contributed by atoms with E-state index in [1.165, 1.54) is 5.57 Å². The Hall–Kier alpha value is -0.790. The molecule has 2 rings (SSSR count). The average Bonchev–Trinajstić information content (AvgIpc) is 2.32. The maximum atomic E-state index is 10.5. The number of fused-ring (bicyclic) bond motifs is 1. The third-order valence-corrected chi connectivity index (χ3v) is 2.55. The van der Waals surface area contributed by atoms with Gasteiger partial charge >= 0.3 is 5.97 Å². The van der Waals surface area contributed by atoms with Crippen LogP contribution < -0.4 is 0 Å². The minimum Gasteiger partial charge on any atom is -0.481 e. The first kappa shape index (κ1) is 5.96. The van der Waals surface area contributed by atoms with E-state index < -0.39 is 5.97 Å². The van der Waals surface area contributed by atoms with E-state index in [4.69, 9.17) is 5.11 Å². The molecule has 0 aromatic heterocycles. The molecule has 0 saturated heterocycles. The van der Waals surface area contributed by atoms with Crippen molar-refractivity contribution in [3.63, 3.8) is 0 Å². The third kappa shape index (κ3) is 0.618. The average molecular weight is 138 g/mol. The van der Waals surface area contributed by atoms with Crippen molar-refractivity contribution in [2.45, 2.75) is 13.3 Å². The number of hydrogen-bond donors (Lipinski definition) is 1. The molecule has 3 atom stereocenters. The summed E-state index contributed by atoms with van der Waals surface area (Å²) in [6.45, 7) is 2.07. The number of carboxylic acids is 1. The van der Waals surface area contributed by atoms with Gasteiger partial charge in [0.1, 0.15) is 0 Å². The zero-order valence-electron chi connectivity index (χ0n) is 5.87. The van der Waals surface area contributed by atoms with Gasteiger partial charge in [0.05, 0.1) is 5.92 Å². The molecule has 2 aliphatic rings. The van der Waals surface area contributed by atoms with Crippen LogP contribution in [0.3, 0.4) is 0 Å². The van der Waals surface area contributed by atoms with Crippen LogP contribution in [0.5, 0.6) is 0 Å². The predicted octanol–water partition coefficient (Wildman–Crippen LogP) is 1.28. The largest absolute Gasteiger partial charge is 0.481 e. The van der Waals surface area contributed by atoms with E-state index in [2.05, 4.69) is 13.0 Å². The monoisotopic (exact) mass is 138 g/mol. The standard InChI is InChI=1S/C8H10O2/c1-4-2-5-6(3-4)7(5)8(9)10/h2,5-7H,3H2,1H3,(H,9,10)/t5-,6+,7-/m0/s1. The van der Waals surface area contributed by atoms with Crippen LogP contribution in [0.2, 0.25) is 0 Å². The van der Waals surface area contributed by atoms with Crippen LogP contribution in [0.15, 0.2) is 11.6 Å². The van der Waals surface area contributed by atoms with Crippen LogP contribution in [0.1, 0.15) is 13.3 Å². The molecule has 1 N–H and O–H groups in total. The van der Waals surface area contributed by atoms with Gasteiger partial charge in [0.15, 0.2) is 0 Å². The van der Waals surface area contributed by atoms with Crippen molar-refractivity contribution in [1.82, 2.24) is 0 Å². The normalized spacial score (nSPS) is 42.5. The summed E-state index contributed by atoms with van der Waals surface area (Å²) in [5, 5.41) is 8.62. The van der Waals surface area contributed by atoms with Gasteiger partial charge in [0, 0.05) is 0 Å². The fourth-order valence-electron chi connectivity index (χ4n) is 2.01. The van der Waals surface area contributed by atoms with Crippen LogP contribution in [0.25, 0.3) is 0 Å². The second-order valence-electron chi connectivity index (χ2n) is 3.32. The zero-order valence-corrected chi connectivity index (χ0v) is 5.87. The van der Waals surface area contributed by atoms with Gasteiger partial charge in [-0.25, -0.2) is 0 Å². The molecule has 0 amide bonds. The molecule has 0 aromatic carbocycles. The van der Waals surface area contributed by atoms with Gasteiger partial charge in [0.2, 0.25) is 0 Å². The Labute approximate surface area is 59.5 Å². The molecular weight excluding hydrogens is 128 g/mol. The Morgan fingerprint density at radius 2 is 2.50 bits per heavy atom. The summed E-state index contributed by atoms with van der Waals surface area (Å²) in [4.78, 5) is 10.5. The number of hydrogen-bond acceptors (Lipinski definition) is 1. The Balaban J connectivity index is 2.09. The molecule has 0 radical (unpaired) electrons. The molecule has 0 heterocycles. The smallest absolute Gasteiger partial charge is 0.307 e. The molecule has 2 aliphatic carbocycles. The van der Waals surface area contributed by atoms with E-state index in [-0.39, 0.29) is 5.92 Å². The SMILES string of the molecule is CC1=C[C@H]2[C@@H](C1)[C@H]2C(=O)O. The van der Waals surface area contributed by atoms with Crippen molar-refractivity contribution < 1.29 is 9.90 Å². The number of allylic oxidation sites excluding steroid dienone is 2. The van der Waals surface area contributed by atoms with Gasteiger partial charge in [-0.1, -0.05) is 11.6 Å². The Morgan fingerprint density at radius 3 is 2.90 bits per heavy atom. The van der Waals surface area contributed by atoms with Crippen molar-refractivity contribution in [2.24, 2.45) is 17.8 Å². The third-order valence-electron chi connectivity index (χ3n) is 2.55. The number of carbonyl (C=O) groups is 1. The predicted molar refractivity (Wildman–Crippen MR) is 36.5 cm³/mol. The summed E-state index contributed by atoms with van der Waals surface area (Å²) in [6.07, 6.45) is 3.13. The van der Waals surface area contributed by atoms with E-state index in [1.807, 2.05) is 0 Å². The molecule has 0 spiro atoms. The fourth-order valence-corrected chi connectivity index (χ4v) is 2.01. The molecule has 1 fully saturated rings. The first-order chi connectivity index (χ1) is 4.70. The molecule has 1 saturated carbocycles. The van der Waals surface area contributed by atoms with E-state index in [0.717, 1.165) is 6.42 Å². The molecule has 54 valence electrons. The molecule has 2 heteroatoms. The van der Waals surface area contributed by atoms with Crippen LogP contribution in [-0.4, -0.2) is 11.1 Å². The second kappa shape index (κ2) is 1.62. The van der Waals surface area contributed by atoms with Gasteiger partial charge in [0.25, 0.3) is 0 Å². The summed E-state index contributed by atoms with van der Waals surface area (Å²) in [6, 6.07) is 0. The van der Waals surface area contributed by atoms with Gasteiger partial charge in [-0.3, -0.25) is 4.79 Å². The first-order valence-corrected chi connectivity index (χ1v) is 3.60. The number of carboxylic acid groups (broad SMARTS) is 1. The summed E-state index contributed by atoms with van der Waals surface area (Å²) in [5.74, 6) is 0.192. The summed E-state index contributed by atoms with van der Waals surface area (Å²) in [7, 11) is 0. The molecular formula is C8H10O2. The highest BCUT2D eigenvalue weighted by molar-refractivity contribution is 5.75. The van der Waals surface area contributed by atoms with E-state index >= 15 is 0 Å².